The number of hydrogen-bond acceptors (Lipinski definition) is 2. The molecular formula is C8H16N2OS. The van der Waals surface area contributed by atoms with E-state index in [0.29, 0.717) is 5.11 Å². The Labute approximate surface area is 78.9 Å². The van der Waals surface area contributed by atoms with Gasteiger partial charge in [0.05, 0.1) is 5.60 Å². The monoisotopic (exact) mass is 188 g/mol. The molecule has 2 N–H and O–H groups in total. The number of hydrogen-bond donors (Lipinski definition) is 1. The summed E-state index contributed by atoms with van der Waals surface area (Å²) >= 11 is 4.91. The molecule has 1 rings (SSSR count). The summed E-state index contributed by atoms with van der Waals surface area (Å²) in [5, 5.41) is 0.484. The second-order valence-electron chi connectivity index (χ2n) is 3.52. The van der Waals surface area contributed by atoms with E-state index in [9.17, 15) is 0 Å². The van der Waals surface area contributed by atoms with Crippen LogP contribution in [0.2, 0.25) is 0 Å². The molecule has 1 fully saturated rings. The first-order valence-electron chi connectivity index (χ1n) is 4.17. The quantitative estimate of drug-likeness (QED) is 0.616. The van der Waals surface area contributed by atoms with E-state index in [-0.39, 0.29) is 5.60 Å². The molecule has 0 radical (unpaired) electrons. The fraction of sp³-hybridized carbons (Fsp3) is 0.875. The normalized spacial score (nSPS) is 30.3. The number of ether oxygens (including phenoxy) is 1. The lowest BCUT2D eigenvalue weighted by atomic mass is 9.95. The molecule has 1 unspecified atom stereocenters. The molecule has 3 nitrogen and oxygen atoms in total. The van der Waals surface area contributed by atoms with Crippen molar-refractivity contribution in [2.45, 2.75) is 25.4 Å². The van der Waals surface area contributed by atoms with E-state index in [1.54, 1.807) is 7.11 Å². The van der Waals surface area contributed by atoms with Crippen LogP contribution in [-0.4, -0.2) is 35.8 Å². The zero-order valence-electron chi connectivity index (χ0n) is 7.67. The molecule has 0 aliphatic carbocycles. The number of thiocarbonyl (C=S) groups is 1. The maximum Gasteiger partial charge on any atom is 0.166 e. The van der Waals surface area contributed by atoms with Gasteiger partial charge in [0.15, 0.2) is 5.11 Å². The number of nitrogens with two attached hydrogens (primary N) is 1. The smallest absolute Gasteiger partial charge is 0.166 e. The first-order valence-corrected chi connectivity index (χ1v) is 4.58. The largest absolute Gasteiger partial charge is 0.377 e. The SMILES string of the molecule is COC1(C)CCCN(C(N)=S)C1. The van der Waals surface area contributed by atoms with Gasteiger partial charge in [-0.1, -0.05) is 0 Å². The van der Waals surface area contributed by atoms with Crippen LogP contribution in [0.5, 0.6) is 0 Å². The second kappa shape index (κ2) is 3.58. The molecule has 0 amide bonds. The van der Waals surface area contributed by atoms with Crippen LogP contribution in [0.25, 0.3) is 0 Å². The maximum atomic E-state index is 5.54. The van der Waals surface area contributed by atoms with Crippen molar-refractivity contribution >= 4 is 17.3 Å². The Morgan fingerprint density at radius 1 is 1.67 bits per heavy atom. The Bertz CT molecular complexity index is 186. The predicted octanol–water partition coefficient (Wildman–Crippen LogP) is 0.731. The van der Waals surface area contributed by atoms with Crippen molar-refractivity contribution in [1.29, 1.82) is 0 Å². The molecular weight excluding hydrogens is 172 g/mol. The maximum absolute atomic E-state index is 5.54. The number of likely N-dealkylation sites (tertiary alicyclic amines) is 1. The molecule has 1 aliphatic heterocycles. The van der Waals surface area contributed by atoms with Gasteiger partial charge < -0.3 is 15.4 Å². The minimum absolute atomic E-state index is 0.0678. The van der Waals surface area contributed by atoms with Gasteiger partial charge in [-0.25, -0.2) is 0 Å². The Hall–Kier alpha value is -0.350. The van der Waals surface area contributed by atoms with Crippen molar-refractivity contribution in [3.05, 3.63) is 0 Å². The molecule has 0 aromatic heterocycles. The molecule has 1 aliphatic rings. The van der Waals surface area contributed by atoms with Gasteiger partial charge in [0.1, 0.15) is 0 Å². The van der Waals surface area contributed by atoms with Crippen LogP contribution in [0, 0.1) is 0 Å². The van der Waals surface area contributed by atoms with Crippen LogP contribution in [0.1, 0.15) is 19.8 Å². The average Bonchev–Trinajstić information content (AvgIpc) is 2.05. The first-order chi connectivity index (χ1) is 5.57. The molecule has 4 heteroatoms. The van der Waals surface area contributed by atoms with Crippen molar-refractivity contribution in [3.8, 4) is 0 Å². The van der Waals surface area contributed by atoms with Gasteiger partial charge in [0, 0.05) is 20.2 Å². The summed E-state index contributed by atoms with van der Waals surface area (Å²) in [4.78, 5) is 2.00. The summed E-state index contributed by atoms with van der Waals surface area (Å²) in [6, 6.07) is 0. The zero-order valence-corrected chi connectivity index (χ0v) is 8.49. The van der Waals surface area contributed by atoms with Gasteiger partial charge in [-0.05, 0) is 32.0 Å². The molecule has 1 saturated heterocycles. The standard InChI is InChI=1S/C8H16N2OS/c1-8(11-2)4-3-5-10(6-8)7(9)12/h3-6H2,1-2H3,(H2,9,12). The topological polar surface area (TPSA) is 38.5 Å². The second-order valence-corrected chi connectivity index (χ2v) is 3.94. The van der Waals surface area contributed by atoms with Crippen LogP contribution in [-0.2, 0) is 4.74 Å². The number of rotatable bonds is 1. The summed E-state index contributed by atoms with van der Waals surface area (Å²) in [5.74, 6) is 0. The first kappa shape index (κ1) is 9.74. The predicted molar refractivity (Wildman–Crippen MR) is 53.0 cm³/mol. The molecule has 12 heavy (non-hydrogen) atoms. The summed E-state index contributed by atoms with van der Waals surface area (Å²) in [6.07, 6.45) is 2.18. The van der Waals surface area contributed by atoms with E-state index >= 15 is 0 Å². The number of nitrogens with zero attached hydrogens (tertiary/aromatic N) is 1. The number of methoxy groups -OCH3 is 1. The van der Waals surface area contributed by atoms with E-state index < -0.39 is 0 Å². The van der Waals surface area contributed by atoms with Gasteiger partial charge in [-0.3, -0.25) is 0 Å². The highest BCUT2D eigenvalue weighted by atomic mass is 32.1. The van der Waals surface area contributed by atoms with Crippen LogP contribution in [0.15, 0.2) is 0 Å². The van der Waals surface area contributed by atoms with Gasteiger partial charge in [-0.2, -0.15) is 0 Å². The molecule has 0 aromatic carbocycles. The lowest BCUT2D eigenvalue weighted by Crippen LogP contribution is -2.51. The minimum Gasteiger partial charge on any atom is -0.377 e. The molecule has 0 spiro atoms. The average molecular weight is 188 g/mol. The fourth-order valence-electron chi connectivity index (χ4n) is 1.56. The highest BCUT2D eigenvalue weighted by Gasteiger charge is 2.30. The van der Waals surface area contributed by atoms with E-state index in [0.717, 1.165) is 25.9 Å². The number of piperidine rings is 1. The summed E-state index contributed by atoms with van der Waals surface area (Å²) in [5.41, 5.74) is 5.48. The van der Waals surface area contributed by atoms with Gasteiger partial charge in [0.25, 0.3) is 0 Å². The third kappa shape index (κ3) is 2.08. The van der Waals surface area contributed by atoms with Crippen molar-refractivity contribution in [2.75, 3.05) is 20.2 Å². The van der Waals surface area contributed by atoms with Gasteiger partial charge in [0.2, 0.25) is 0 Å². The van der Waals surface area contributed by atoms with Crippen LogP contribution in [0.3, 0.4) is 0 Å². The third-order valence-electron chi connectivity index (χ3n) is 2.46. The van der Waals surface area contributed by atoms with Crippen molar-refractivity contribution in [1.82, 2.24) is 4.90 Å². The highest BCUT2D eigenvalue weighted by molar-refractivity contribution is 7.80. The fourth-order valence-corrected chi connectivity index (χ4v) is 1.72. The summed E-state index contributed by atoms with van der Waals surface area (Å²) < 4.78 is 5.40. The molecule has 0 bridgehead atoms. The zero-order chi connectivity index (χ0) is 9.19. The molecule has 1 heterocycles. The Morgan fingerprint density at radius 3 is 2.83 bits per heavy atom. The molecule has 0 aromatic rings. The summed E-state index contributed by atoms with van der Waals surface area (Å²) in [7, 11) is 1.74. The Kier molecular flexibility index (Phi) is 2.90. The third-order valence-corrected chi connectivity index (χ3v) is 2.72. The Balaban J connectivity index is 2.57. The van der Waals surface area contributed by atoms with Crippen molar-refractivity contribution < 1.29 is 4.74 Å². The van der Waals surface area contributed by atoms with E-state index in [1.165, 1.54) is 0 Å². The van der Waals surface area contributed by atoms with E-state index in [4.69, 9.17) is 22.7 Å². The molecule has 0 saturated carbocycles. The van der Waals surface area contributed by atoms with E-state index in [1.807, 2.05) is 4.90 Å². The Morgan fingerprint density at radius 2 is 2.33 bits per heavy atom. The lowest BCUT2D eigenvalue weighted by Gasteiger charge is -2.39. The van der Waals surface area contributed by atoms with Gasteiger partial charge in [-0.15, -0.1) is 0 Å². The van der Waals surface area contributed by atoms with Gasteiger partial charge >= 0.3 is 0 Å². The van der Waals surface area contributed by atoms with Crippen molar-refractivity contribution in [3.63, 3.8) is 0 Å². The van der Waals surface area contributed by atoms with E-state index in [2.05, 4.69) is 6.92 Å². The minimum atomic E-state index is -0.0678. The highest BCUT2D eigenvalue weighted by Crippen LogP contribution is 2.23. The van der Waals surface area contributed by atoms with Crippen LogP contribution >= 0.6 is 12.2 Å². The molecule has 70 valence electrons. The molecule has 1 atom stereocenters. The summed E-state index contributed by atoms with van der Waals surface area (Å²) in [6.45, 7) is 3.88. The van der Waals surface area contributed by atoms with Crippen LogP contribution in [0.4, 0.5) is 0 Å². The lowest BCUT2D eigenvalue weighted by molar-refractivity contribution is -0.0345. The van der Waals surface area contributed by atoms with Crippen LogP contribution < -0.4 is 5.73 Å². The van der Waals surface area contributed by atoms with Crippen molar-refractivity contribution in [2.24, 2.45) is 5.73 Å².